The Balaban J connectivity index is 1.78. The van der Waals surface area contributed by atoms with Gasteiger partial charge in [-0.2, -0.15) is 0 Å². The molecule has 2 rings (SSSR count). The molecule has 1 aromatic rings. The largest absolute Gasteiger partial charge is 0.313 e. The highest BCUT2D eigenvalue weighted by Crippen LogP contribution is 2.20. The Bertz CT molecular complexity index is 421. The summed E-state index contributed by atoms with van der Waals surface area (Å²) in [6, 6.07) is 9.09. The molecule has 2 atom stereocenters. The number of benzene rings is 1. The molecule has 118 valence electrons. The summed E-state index contributed by atoms with van der Waals surface area (Å²) in [4.78, 5) is 4.93. The molecule has 0 radical (unpaired) electrons. The van der Waals surface area contributed by atoms with Crippen molar-refractivity contribution in [2.75, 3.05) is 47.3 Å². The number of nitrogens with one attached hydrogen (secondary N) is 1. The van der Waals surface area contributed by atoms with E-state index in [1.807, 2.05) is 0 Å². The molecule has 0 aliphatic carbocycles. The lowest BCUT2D eigenvalue weighted by molar-refractivity contribution is 0.261. The quantitative estimate of drug-likeness (QED) is 0.812. The summed E-state index contributed by atoms with van der Waals surface area (Å²) in [5.41, 5.74) is 1.37. The van der Waals surface area contributed by atoms with Crippen LogP contribution in [0.4, 0.5) is 0 Å². The van der Waals surface area contributed by atoms with Crippen molar-refractivity contribution in [3.8, 4) is 0 Å². The summed E-state index contributed by atoms with van der Waals surface area (Å²) >= 11 is 3.50. The van der Waals surface area contributed by atoms with Crippen LogP contribution in [-0.4, -0.2) is 57.1 Å². The summed E-state index contributed by atoms with van der Waals surface area (Å²) in [5.74, 6) is 0.848. The second-order valence-electron chi connectivity index (χ2n) is 6.36. The van der Waals surface area contributed by atoms with Gasteiger partial charge in [0.05, 0.1) is 0 Å². The number of halogens is 1. The molecule has 1 aromatic carbocycles. The first-order valence-electron chi connectivity index (χ1n) is 7.88. The van der Waals surface area contributed by atoms with Crippen LogP contribution in [0.5, 0.6) is 0 Å². The zero-order valence-corrected chi connectivity index (χ0v) is 15.1. The highest BCUT2D eigenvalue weighted by atomic mass is 79.9. The van der Waals surface area contributed by atoms with Crippen molar-refractivity contribution in [2.45, 2.75) is 18.9 Å². The average molecular weight is 354 g/mol. The van der Waals surface area contributed by atoms with E-state index in [1.54, 1.807) is 0 Å². The lowest BCUT2D eigenvalue weighted by atomic mass is 10.0. The second kappa shape index (κ2) is 8.28. The smallest absolute Gasteiger partial charge is 0.0329 e. The van der Waals surface area contributed by atoms with Crippen molar-refractivity contribution in [2.24, 2.45) is 5.92 Å². The number of nitrogens with zero attached hydrogens (tertiary/aromatic N) is 2. The first-order chi connectivity index (χ1) is 10.1. The normalized spacial score (nSPS) is 21.1. The van der Waals surface area contributed by atoms with Gasteiger partial charge < -0.3 is 15.1 Å². The molecular weight excluding hydrogens is 326 g/mol. The third-order valence-corrected chi connectivity index (χ3v) is 5.01. The van der Waals surface area contributed by atoms with Crippen molar-refractivity contribution >= 4 is 15.9 Å². The van der Waals surface area contributed by atoms with Crippen molar-refractivity contribution in [1.82, 2.24) is 15.1 Å². The maximum absolute atomic E-state index is 3.50. The van der Waals surface area contributed by atoms with Crippen LogP contribution in [0.1, 0.15) is 24.4 Å². The summed E-state index contributed by atoms with van der Waals surface area (Å²) < 4.78 is 1.14. The minimum atomic E-state index is 0.437. The topological polar surface area (TPSA) is 18.5 Å². The van der Waals surface area contributed by atoms with Gasteiger partial charge in [-0.25, -0.2) is 0 Å². The maximum atomic E-state index is 3.50. The molecule has 1 saturated heterocycles. The average Bonchev–Trinajstić information content (AvgIpc) is 2.86. The standard InChI is InChI=1S/C17H28BrN3/c1-19-17(15-4-6-16(18)7-5-15)9-11-21(3)13-14-8-10-20(2)12-14/h4-7,14,17,19H,8-13H2,1-3H3. The van der Waals surface area contributed by atoms with E-state index in [9.17, 15) is 0 Å². The van der Waals surface area contributed by atoms with Crippen LogP contribution in [0.2, 0.25) is 0 Å². The van der Waals surface area contributed by atoms with E-state index >= 15 is 0 Å². The van der Waals surface area contributed by atoms with Crippen molar-refractivity contribution in [3.05, 3.63) is 34.3 Å². The van der Waals surface area contributed by atoms with Crippen LogP contribution in [0.25, 0.3) is 0 Å². The lowest BCUT2D eigenvalue weighted by Gasteiger charge is -2.24. The first-order valence-corrected chi connectivity index (χ1v) is 8.67. The van der Waals surface area contributed by atoms with E-state index in [0.29, 0.717) is 6.04 Å². The van der Waals surface area contributed by atoms with Crippen LogP contribution in [0.15, 0.2) is 28.7 Å². The van der Waals surface area contributed by atoms with Gasteiger partial charge in [0.2, 0.25) is 0 Å². The monoisotopic (exact) mass is 353 g/mol. The number of hydrogen-bond donors (Lipinski definition) is 1. The molecule has 0 bridgehead atoms. The number of likely N-dealkylation sites (tertiary alicyclic amines) is 1. The zero-order valence-electron chi connectivity index (χ0n) is 13.5. The van der Waals surface area contributed by atoms with E-state index in [-0.39, 0.29) is 0 Å². The third kappa shape index (κ3) is 5.37. The minimum absolute atomic E-state index is 0.437. The summed E-state index contributed by atoms with van der Waals surface area (Å²) in [5, 5.41) is 3.44. The summed E-state index contributed by atoms with van der Waals surface area (Å²) in [7, 11) is 6.54. The van der Waals surface area contributed by atoms with Gasteiger partial charge >= 0.3 is 0 Å². The fourth-order valence-electron chi connectivity index (χ4n) is 3.23. The molecule has 1 N–H and O–H groups in total. The fourth-order valence-corrected chi connectivity index (χ4v) is 3.49. The van der Waals surface area contributed by atoms with Gasteiger partial charge in [-0.3, -0.25) is 0 Å². The van der Waals surface area contributed by atoms with Crippen molar-refractivity contribution < 1.29 is 0 Å². The minimum Gasteiger partial charge on any atom is -0.313 e. The van der Waals surface area contributed by atoms with E-state index in [2.05, 4.69) is 76.5 Å². The maximum Gasteiger partial charge on any atom is 0.0329 e. The number of hydrogen-bond acceptors (Lipinski definition) is 3. The van der Waals surface area contributed by atoms with Crippen LogP contribution < -0.4 is 5.32 Å². The molecule has 2 unspecified atom stereocenters. The zero-order chi connectivity index (χ0) is 15.2. The Morgan fingerprint density at radius 1 is 1.38 bits per heavy atom. The van der Waals surface area contributed by atoms with E-state index < -0.39 is 0 Å². The molecule has 1 fully saturated rings. The van der Waals surface area contributed by atoms with Crippen LogP contribution in [-0.2, 0) is 0 Å². The van der Waals surface area contributed by atoms with Crippen LogP contribution >= 0.6 is 15.9 Å². The highest BCUT2D eigenvalue weighted by Gasteiger charge is 2.21. The Morgan fingerprint density at radius 2 is 2.10 bits per heavy atom. The highest BCUT2D eigenvalue weighted by molar-refractivity contribution is 9.10. The molecule has 1 heterocycles. The van der Waals surface area contributed by atoms with Gasteiger partial charge in [-0.05, 0) is 70.7 Å². The van der Waals surface area contributed by atoms with E-state index in [1.165, 1.54) is 31.6 Å². The molecule has 0 aromatic heterocycles. The molecular formula is C17H28BrN3. The fraction of sp³-hybridized carbons (Fsp3) is 0.647. The van der Waals surface area contributed by atoms with Gasteiger partial charge in [0, 0.05) is 23.6 Å². The van der Waals surface area contributed by atoms with Gasteiger partial charge in [0.25, 0.3) is 0 Å². The molecule has 1 aliphatic rings. The van der Waals surface area contributed by atoms with Gasteiger partial charge in [0.15, 0.2) is 0 Å². The van der Waals surface area contributed by atoms with Gasteiger partial charge in [-0.1, -0.05) is 28.1 Å². The molecule has 0 spiro atoms. The van der Waals surface area contributed by atoms with Gasteiger partial charge in [-0.15, -0.1) is 0 Å². The summed E-state index contributed by atoms with van der Waals surface area (Å²) in [6.45, 7) is 4.88. The van der Waals surface area contributed by atoms with E-state index in [4.69, 9.17) is 0 Å². The molecule has 4 heteroatoms. The SMILES string of the molecule is CNC(CCN(C)CC1CCN(C)C1)c1ccc(Br)cc1. The van der Waals surface area contributed by atoms with Crippen LogP contribution in [0.3, 0.4) is 0 Å². The summed E-state index contributed by atoms with van der Waals surface area (Å²) in [6.07, 6.45) is 2.50. The molecule has 3 nitrogen and oxygen atoms in total. The van der Waals surface area contributed by atoms with Gasteiger partial charge in [0.1, 0.15) is 0 Å². The number of rotatable bonds is 7. The van der Waals surface area contributed by atoms with Crippen molar-refractivity contribution in [3.63, 3.8) is 0 Å². The Kier molecular flexibility index (Phi) is 6.68. The Labute approximate surface area is 137 Å². The van der Waals surface area contributed by atoms with Crippen molar-refractivity contribution in [1.29, 1.82) is 0 Å². The predicted molar refractivity (Wildman–Crippen MR) is 93.7 cm³/mol. The Hall–Kier alpha value is -0.420. The molecule has 0 amide bonds. The molecule has 21 heavy (non-hydrogen) atoms. The van der Waals surface area contributed by atoms with Crippen LogP contribution in [0, 0.1) is 5.92 Å². The first kappa shape index (κ1) is 16.9. The van der Waals surface area contributed by atoms with E-state index in [0.717, 1.165) is 23.4 Å². The lowest BCUT2D eigenvalue weighted by Crippen LogP contribution is -2.30. The molecule has 0 saturated carbocycles. The predicted octanol–water partition coefficient (Wildman–Crippen LogP) is 2.98. The Morgan fingerprint density at radius 3 is 2.67 bits per heavy atom. The second-order valence-corrected chi connectivity index (χ2v) is 7.28. The molecule has 1 aliphatic heterocycles. The third-order valence-electron chi connectivity index (χ3n) is 4.48.